The van der Waals surface area contributed by atoms with Crippen molar-refractivity contribution in [2.45, 2.75) is 57.3 Å². The third-order valence-electron chi connectivity index (χ3n) is 4.07. The molecule has 2 aliphatic rings. The summed E-state index contributed by atoms with van der Waals surface area (Å²) in [6.07, 6.45) is 5.90. The van der Waals surface area contributed by atoms with Crippen molar-refractivity contribution in [1.29, 1.82) is 0 Å². The first-order valence-electron chi connectivity index (χ1n) is 6.82. The Balaban J connectivity index is 2.12. The number of hydrogen-bond acceptors (Lipinski definition) is 4. The van der Waals surface area contributed by atoms with E-state index in [2.05, 4.69) is 0 Å². The highest BCUT2D eigenvalue weighted by Crippen LogP contribution is 2.34. The number of carbonyl (C=O) groups is 1. The Hall–Kier alpha value is -0.870. The molecule has 2 N–H and O–H groups in total. The molecule has 1 heterocycles. The van der Waals surface area contributed by atoms with Gasteiger partial charge in [0.15, 0.2) is 0 Å². The predicted octanol–water partition coefficient (Wildman–Crippen LogP) is 1.41. The fraction of sp³-hybridized carbons (Fsp3) is 0.786. The highest BCUT2D eigenvalue weighted by atomic mass is 16.5. The van der Waals surface area contributed by atoms with Gasteiger partial charge in [-0.2, -0.15) is 0 Å². The summed E-state index contributed by atoms with van der Waals surface area (Å²) in [5.74, 6) is -0.519. The molecule has 0 unspecified atom stereocenters. The summed E-state index contributed by atoms with van der Waals surface area (Å²) in [6.45, 7) is 1.91. The van der Waals surface area contributed by atoms with Gasteiger partial charge in [0.25, 0.3) is 0 Å². The third-order valence-corrected chi connectivity index (χ3v) is 4.07. The Morgan fingerprint density at radius 3 is 2.44 bits per heavy atom. The fourth-order valence-corrected chi connectivity index (χ4v) is 3.01. The van der Waals surface area contributed by atoms with E-state index in [-0.39, 0.29) is 30.3 Å². The SMILES string of the molecule is C[C@H]1CCCC[C@@H]2[C@@H](CC(=O)O1)[C@@H](O)C=C[C@@H]2O. The molecule has 4 nitrogen and oxygen atoms in total. The van der Waals surface area contributed by atoms with E-state index in [1.54, 1.807) is 12.2 Å². The lowest BCUT2D eigenvalue weighted by Crippen LogP contribution is -2.39. The fourth-order valence-electron chi connectivity index (χ4n) is 3.01. The van der Waals surface area contributed by atoms with Gasteiger partial charge < -0.3 is 14.9 Å². The lowest BCUT2D eigenvalue weighted by molar-refractivity contribution is -0.152. The largest absolute Gasteiger partial charge is 0.463 e. The van der Waals surface area contributed by atoms with Crippen LogP contribution in [0.1, 0.15) is 39.0 Å². The van der Waals surface area contributed by atoms with Crippen LogP contribution in [0.4, 0.5) is 0 Å². The Morgan fingerprint density at radius 1 is 1.11 bits per heavy atom. The van der Waals surface area contributed by atoms with Crippen molar-refractivity contribution in [3.05, 3.63) is 12.2 Å². The van der Waals surface area contributed by atoms with Crippen LogP contribution in [0.2, 0.25) is 0 Å². The monoisotopic (exact) mass is 254 g/mol. The summed E-state index contributed by atoms with van der Waals surface area (Å²) in [5.41, 5.74) is 0. The number of aliphatic hydroxyl groups is 2. The van der Waals surface area contributed by atoms with Crippen molar-refractivity contribution in [2.75, 3.05) is 0 Å². The molecule has 18 heavy (non-hydrogen) atoms. The lowest BCUT2D eigenvalue weighted by Gasteiger charge is -2.36. The average Bonchev–Trinajstić information content (AvgIpc) is 2.31. The van der Waals surface area contributed by atoms with Crippen LogP contribution in [-0.2, 0) is 9.53 Å². The van der Waals surface area contributed by atoms with Crippen LogP contribution < -0.4 is 0 Å². The molecule has 0 aromatic heterocycles. The second-order valence-corrected chi connectivity index (χ2v) is 5.48. The lowest BCUT2D eigenvalue weighted by atomic mass is 9.74. The topological polar surface area (TPSA) is 66.8 Å². The molecule has 4 heteroatoms. The van der Waals surface area contributed by atoms with Crippen LogP contribution in [-0.4, -0.2) is 34.5 Å². The van der Waals surface area contributed by atoms with Crippen LogP contribution in [0.5, 0.6) is 0 Å². The number of esters is 1. The summed E-state index contributed by atoms with van der Waals surface area (Å²) in [5, 5.41) is 20.0. The maximum atomic E-state index is 11.8. The van der Waals surface area contributed by atoms with E-state index in [0.29, 0.717) is 0 Å². The van der Waals surface area contributed by atoms with Crippen molar-refractivity contribution in [3.63, 3.8) is 0 Å². The quantitative estimate of drug-likeness (QED) is 0.506. The summed E-state index contributed by atoms with van der Waals surface area (Å²) < 4.78 is 5.30. The molecule has 2 rings (SSSR count). The second kappa shape index (κ2) is 5.85. The van der Waals surface area contributed by atoms with E-state index >= 15 is 0 Å². The number of fused-ring (bicyclic) bond motifs is 1. The summed E-state index contributed by atoms with van der Waals surface area (Å²) in [7, 11) is 0. The molecule has 102 valence electrons. The zero-order valence-corrected chi connectivity index (χ0v) is 10.8. The zero-order chi connectivity index (χ0) is 13.1. The Morgan fingerprint density at radius 2 is 1.72 bits per heavy atom. The van der Waals surface area contributed by atoms with Gasteiger partial charge in [-0.1, -0.05) is 18.6 Å². The molecule has 0 amide bonds. The van der Waals surface area contributed by atoms with Gasteiger partial charge in [-0.15, -0.1) is 0 Å². The molecule has 0 bridgehead atoms. The smallest absolute Gasteiger partial charge is 0.306 e. The first-order chi connectivity index (χ1) is 8.58. The highest BCUT2D eigenvalue weighted by molar-refractivity contribution is 5.70. The molecule has 0 aromatic rings. The second-order valence-electron chi connectivity index (χ2n) is 5.48. The minimum Gasteiger partial charge on any atom is -0.463 e. The van der Waals surface area contributed by atoms with Gasteiger partial charge in [-0.25, -0.2) is 0 Å². The first kappa shape index (κ1) is 13.6. The van der Waals surface area contributed by atoms with Crippen LogP contribution in [0.3, 0.4) is 0 Å². The molecular formula is C14H22O4. The van der Waals surface area contributed by atoms with E-state index in [1.165, 1.54) is 0 Å². The molecular weight excluding hydrogens is 232 g/mol. The molecule has 0 spiro atoms. The number of ether oxygens (including phenoxy) is 1. The number of aliphatic hydroxyl groups excluding tert-OH is 2. The van der Waals surface area contributed by atoms with Crippen molar-refractivity contribution in [2.24, 2.45) is 11.8 Å². The summed E-state index contributed by atoms with van der Waals surface area (Å²) in [6, 6.07) is 0. The predicted molar refractivity (Wildman–Crippen MR) is 66.8 cm³/mol. The Labute approximate surface area is 108 Å². The summed E-state index contributed by atoms with van der Waals surface area (Å²) >= 11 is 0. The van der Waals surface area contributed by atoms with Crippen molar-refractivity contribution in [3.8, 4) is 0 Å². The highest BCUT2D eigenvalue weighted by Gasteiger charge is 2.36. The molecule has 0 radical (unpaired) electrons. The van der Waals surface area contributed by atoms with E-state index in [1.807, 2.05) is 6.92 Å². The standard InChI is InChI=1S/C14H22O4/c1-9-4-2-3-5-10-11(8-14(17)18-9)13(16)7-6-12(10)15/h6-7,9-13,15-16H,2-5,8H2,1H3/t9-,10+,11+,12-,13-/m0/s1. The van der Waals surface area contributed by atoms with Crippen LogP contribution in [0.25, 0.3) is 0 Å². The van der Waals surface area contributed by atoms with Crippen LogP contribution in [0.15, 0.2) is 12.2 Å². The molecule has 1 fully saturated rings. The van der Waals surface area contributed by atoms with Crippen LogP contribution >= 0.6 is 0 Å². The van der Waals surface area contributed by atoms with Gasteiger partial charge >= 0.3 is 5.97 Å². The van der Waals surface area contributed by atoms with E-state index in [0.717, 1.165) is 25.7 Å². The number of rotatable bonds is 0. The summed E-state index contributed by atoms with van der Waals surface area (Å²) in [4.78, 5) is 11.8. The maximum Gasteiger partial charge on any atom is 0.306 e. The van der Waals surface area contributed by atoms with Gasteiger partial charge in [0.2, 0.25) is 0 Å². The molecule has 0 saturated carbocycles. The van der Waals surface area contributed by atoms with Crippen LogP contribution in [0, 0.1) is 11.8 Å². The molecule has 0 aromatic carbocycles. The van der Waals surface area contributed by atoms with Gasteiger partial charge in [0, 0.05) is 5.92 Å². The van der Waals surface area contributed by atoms with E-state index in [9.17, 15) is 15.0 Å². The van der Waals surface area contributed by atoms with Gasteiger partial charge in [-0.3, -0.25) is 4.79 Å². The van der Waals surface area contributed by atoms with Crippen molar-refractivity contribution >= 4 is 5.97 Å². The minimum atomic E-state index is -0.652. The van der Waals surface area contributed by atoms with Gasteiger partial charge in [0.05, 0.1) is 24.7 Å². The average molecular weight is 254 g/mol. The van der Waals surface area contributed by atoms with Gasteiger partial charge in [0.1, 0.15) is 0 Å². The Kier molecular flexibility index (Phi) is 4.40. The number of hydrogen-bond donors (Lipinski definition) is 2. The third kappa shape index (κ3) is 3.12. The molecule has 1 saturated heterocycles. The minimum absolute atomic E-state index is 0.0362. The van der Waals surface area contributed by atoms with Crippen molar-refractivity contribution in [1.82, 2.24) is 0 Å². The maximum absolute atomic E-state index is 11.8. The molecule has 1 aliphatic carbocycles. The van der Waals surface area contributed by atoms with E-state index < -0.39 is 12.2 Å². The number of cyclic esters (lactones) is 1. The Bertz CT molecular complexity index is 326. The van der Waals surface area contributed by atoms with Gasteiger partial charge in [-0.05, 0) is 32.1 Å². The first-order valence-corrected chi connectivity index (χ1v) is 6.82. The normalized spacial score (nSPS) is 41.9. The molecule has 5 atom stereocenters. The number of carbonyl (C=O) groups excluding carboxylic acids is 1. The van der Waals surface area contributed by atoms with E-state index in [4.69, 9.17) is 4.74 Å². The van der Waals surface area contributed by atoms with Crippen molar-refractivity contribution < 1.29 is 19.7 Å². The zero-order valence-electron chi connectivity index (χ0n) is 10.8. The molecule has 1 aliphatic heterocycles.